The van der Waals surface area contributed by atoms with Crippen molar-refractivity contribution in [1.82, 2.24) is 0 Å². The normalized spacial score (nSPS) is 0. The smallest absolute Gasteiger partial charge is 0 e. The van der Waals surface area contributed by atoms with Crippen LogP contribution in [0, 0.1) is 0 Å². The third kappa shape index (κ3) is 123. The number of hydrogen-bond acceptors (Lipinski definition) is 0. The first kappa shape index (κ1) is 262. The largest absolute Gasteiger partial charge is 0.412 e. The minimum absolute atomic E-state index is 0. The van der Waals surface area contributed by atoms with Crippen molar-refractivity contribution in [3.63, 3.8) is 0 Å². The summed E-state index contributed by atoms with van der Waals surface area (Å²) >= 11 is 0. The Balaban J connectivity index is 0. The van der Waals surface area contributed by atoms with Crippen LogP contribution in [0.3, 0.4) is 0 Å². The molecule has 0 aromatic rings. The second kappa shape index (κ2) is 184. The molecule has 0 aromatic heterocycles. The molecule has 64 valence electrons. The van der Waals surface area contributed by atoms with Gasteiger partial charge in [-0.1, -0.05) is 0 Å². The summed E-state index contributed by atoms with van der Waals surface area (Å²) in [5, 5.41) is 0. The molecule has 0 aliphatic heterocycles. The second-order valence-electron chi connectivity index (χ2n) is 0. The van der Waals surface area contributed by atoms with Gasteiger partial charge in [-0.15, -0.1) is 49.6 Å². The van der Waals surface area contributed by atoms with Gasteiger partial charge in [0.05, 0.1) is 0 Å². The Kier molecular flexibility index (Phi) is 6030. The maximum absolute atomic E-state index is 0. The monoisotopic (exact) mass is 300 g/mol. The fourth-order valence-corrected chi connectivity index (χ4v) is 0. The fraction of sp³-hybridized carbons (Fsp3) is 0. The molecule has 0 amide bonds. The van der Waals surface area contributed by atoms with Gasteiger partial charge in [0.15, 0.2) is 0 Å². The standard InChI is InChI=1S/4ClH.3H2O.Ru/h4*1H;3*1H2;. The van der Waals surface area contributed by atoms with E-state index < -0.39 is 0 Å². The molecule has 0 heterocycles. The van der Waals surface area contributed by atoms with Gasteiger partial charge >= 0.3 is 0 Å². The number of hydrogen-bond donors (Lipinski definition) is 0. The van der Waals surface area contributed by atoms with Crippen molar-refractivity contribution in [2.24, 2.45) is 0 Å². The molecule has 0 atom stereocenters. The molecule has 0 spiro atoms. The van der Waals surface area contributed by atoms with Crippen molar-refractivity contribution >= 4 is 49.6 Å². The third-order valence-corrected chi connectivity index (χ3v) is 0. The quantitative estimate of drug-likeness (QED) is 0.524. The van der Waals surface area contributed by atoms with Gasteiger partial charge in [-0.2, -0.15) is 0 Å². The van der Waals surface area contributed by atoms with Gasteiger partial charge in [0, 0.05) is 19.5 Å². The number of halogens is 4. The Morgan fingerprint density at radius 3 is 0.375 bits per heavy atom. The summed E-state index contributed by atoms with van der Waals surface area (Å²) in [6.45, 7) is 0. The second-order valence-corrected chi connectivity index (χ2v) is 0. The van der Waals surface area contributed by atoms with E-state index in [-0.39, 0.29) is 85.5 Å². The molecule has 0 aromatic carbocycles. The summed E-state index contributed by atoms with van der Waals surface area (Å²) in [6, 6.07) is 0. The fourth-order valence-electron chi connectivity index (χ4n) is 0. The summed E-state index contributed by atoms with van der Waals surface area (Å²) < 4.78 is 0. The molecule has 0 rings (SSSR count). The SMILES string of the molecule is Cl.Cl.Cl.Cl.O.O.O.[Ru]. The molecular formula is H10Cl4O3Ru. The molecule has 0 bridgehead atoms. The Labute approximate surface area is 85.3 Å². The molecule has 0 unspecified atom stereocenters. The van der Waals surface area contributed by atoms with Crippen LogP contribution in [0.1, 0.15) is 0 Å². The van der Waals surface area contributed by atoms with Crippen LogP contribution in [0.5, 0.6) is 0 Å². The van der Waals surface area contributed by atoms with Crippen molar-refractivity contribution in [3.8, 4) is 0 Å². The van der Waals surface area contributed by atoms with Crippen molar-refractivity contribution < 1.29 is 35.9 Å². The zero-order valence-electron chi connectivity index (χ0n) is 3.49. The molecule has 8 heavy (non-hydrogen) atoms. The van der Waals surface area contributed by atoms with E-state index in [4.69, 9.17) is 0 Å². The van der Waals surface area contributed by atoms with Gasteiger partial charge < -0.3 is 16.4 Å². The van der Waals surface area contributed by atoms with Gasteiger partial charge in [0.2, 0.25) is 0 Å². The summed E-state index contributed by atoms with van der Waals surface area (Å²) in [6.07, 6.45) is 0. The Morgan fingerprint density at radius 1 is 0.375 bits per heavy atom. The molecule has 0 saturated heterocycles. The van der Waals surface area contributed by atoms with Gasteiger partial charge in [-0.25, -0.2) is 0 Å². The van der Waals surface area contributed by atoms with Crippen molar-refractivity contribution in [3.05, 3.63) is 0 Å². The average molecular weight is 301 g/mol. The zero-order chi connectivity index (χ0) is 0. The molecule has 6 N–H and O–H groups in total. The van der Waals surface area contributed by atoms with E-state index in [2.05, 4.69) is 0 Å². The van der Waals surface area contributed by atoms with Crippen molar-refractivity contribution in [1.29, 1.82) is 0 Å². The number of rotatable bonds is 0. The van der Waals surface area contributed by atoms with Crippen LogP contribution in [-0.4, -0.2) is 16.4 Å². The first-order valence-electron chi connectivity index (χ1n) is 0. The van der Waals surface area contributed by atoms with Crippen LogP contribution in [0.2, 0.25) is 0 Å². The van der Waals surface area contributed by atoms with Gasteiger partial charge in [-0.05, 0) is 0 Å². The first-order chi connectivity index (χ1) is 0. The Hall–Kier alpha value is 1.66. The Morgan fingerprint density at radius 2 is 0.375 bits per heavy atom. The third-order valence-electron chi connectivity index (χ3n) is 0. The topological polar surface area (TPSA) is 94.5 Å². The van der Waals surface area contributed by atoms with Gasteiger partial charge in [0.25, 0.3) is 0 Å². The summed E-state index contributed by atoms with van der Waals surface area (Å²) in [5.41, 5.74) is 0. The van der Waals surface area contributed by atoms with E-state index in [0.717, 1.165) is 0 Å². The molecule has 0 fully saturated rings. The van der Waals surface area contributed by atoms with Crippen LogP contribution >= 0.6 is 49.6 Å². The Bertz CT molecular complexity index is 11.2. The van der Waals surface area contributed by atoms with Crippen molar-refractivity contribution in [2.75, 3.05) is 0 Å². The van der Waals surface area contributed by atoms with Gasteiger partial charge in [0.1, 0.15) is 0 Å². The van der Waals surface area contributed by atoms with E-state index in [1.165, 1.54) is 0 Å². The predicted octanol–water partition coefficient (Wildman–Crippen LogP) is -0.789. The van der Waals surface area contributed by atoms with Crippen LogP contribution in [0.15, 0.2) is 0 Å². The average Bonchev–Trinajstić information content (AvgIpc) is 0. The molecule has 0 radical (unpaired) electrons. The van der Waals surface area contributed by atoms with E-state index >= 15 is 0 Å². The van der Waals surface area contributed by atoms with E-state index in [1.54, 1.807) is 0 Å². The minimum atomic E-state index is 0. The minimum Gasteiger partial charge on any atom is -0.412 e. The summed E-state index contributed by atoms with van der Waals surface area (Å²) in [4.78, 5) is 0. The van der Waals surface area contributed by atoms with Crippen LogP contribution < -0.4 is 0 Å². The first-order valence-corrected chi connectivity index (χ1v) is 0. The molecule has 8 heteroatoms. The molecular weight excluding hydrogens is 291 g/mol. The van der Waals surface area contributed by atoms with Crippen LogP contribution in [-0.2, 0) is 19.5 Å². The molecule has 3 nitrogen and oxygen atoms in total. The van der Waals surface area contributed by atoms with E-state index in [9.17, 15) is 0 Å². The maximum Gasteiger partial charge on any atom is 0 e. The maximum atomic E-state index is 0. The molecule has 0 aliphatic carbocycles. The summed E-state index contributed by atoms with van der Waals surface area (Å²) in [5.74, 6) is 0. The van der Waals surface area contributed by atoms with Crippen LogP contribution in [0.25, 0.3) is 0 Å². The zero-order valence-corrected chi connectivity index (χ0v) is 8.49. The molecule has 0 saturated carbocycles. The molecule has 0 aliphatic rings. The van der Waals surface area contributed by atoms with Gasteiger partial charge in [-0.3, -0.25) is 0 Å². The van der Waals surface area contributed by atoms with Crippen molar-refractivity contribution in [2.45, 2.75) is 0 Å². The van der Waals surface area contributed by atoms with E-state index in [0.29, 0.717) is 0 Å². The summed E-state index contributed by atoms with van der Waals surface area (Å²) in [7, 11) is 0. The van der Waals surface area contributed by atoms with Crippen LogP contribution in [0.4, 0.5) is 0 Å². The predicted molar refractivity (Wildman–Crippen MR) is 39.8 cm³/mol. The van der Waals surface area contributed by atoms with E-state index in [1.807, 2.05) is 0 Å².